The first-order valence-corrected chi connectivity index (χ1v) is 10.5. The van der Waals surface area contributed by atoms with Crippen molar-refractivity contribution in [2.45, 2.75) is 25.9 Å². The molecule has 0 aliphatic carbocycles. The highest BCUT2D eigenvalue weighted by molar-refractivity contribution is 5.94. The molecular weight excluding hydrogens is 374 g/mol. The van der Waals surface area contributed by atoms with Crippen molar-refractivity contribution in [3.8, 4) is 5.82 Å². The number of likely N-dealkylation sites (N-methyl/N-ethyl adjacent to an activating group) is 1. The Hall–Kier alpha value is -2.96. The first-order chi connectivity index (χ1) is 14.6. The Kier molecular flexibility index (Phi) is 6.26. The molecule has 2 aromatic heterocycles. The van der Waals surface area contributed by atoms with Crippen LogP contribution in [0.5, 0.6) is 0 Å². The van der Waals surface area contributed by atoms with Crippen LogP contribution in [0.3, 0.4) is 0 Å². The average molecular weight is 404 g/mol. The molecule has 1 amide bonds. The predicted molar refractivity (Wildman–Crippen MR) is 120 cm³/mol. The first-order valence-electron chi connectivity index (χ1n) is 10.5. The summed E-state index contributed by atoms with van der Waals surface area (Å²) in [6.07, 6.45) is 6.01. The number of benzene rings is 1. The molecule has 0 bridgehead atoms. The molecule has 0 spiro atoms. The zero-order chi connectivity index (χ0) is 20.9. The molecule has 1 saturated heterocycles. The molecule has 0 saturated carbocycles. The summed E-state index contributed by atoms with van der Waals surface area (Å²) >= 11 is 0. The second-order valence-corrected chi connectivity index (χ2v) is 8.00. The molecule has 3 aromatic rings. The van der Waals surface area contributed by atoms with Crippen LogP contribution in [0.25, 0.3) is 5.82 Å². The van der Waals surface area contributed by atoms with Crippen LogP contribution in [-0.4, -0.2) is 53.1 Å². The van der Waals surface area contributed by atoms with E-state index in [0.29, 0.717) is 12.5 Å². The number of aromatic nitrogens is 2. The number of nitrogens with one attached hydrogen (secondary N) is 1. The van der Waals surface area contributed by atoms with Gasteiger partial charge in [0, 0.05) is 63.5 Å². The lowest BCUT2D eigenvalue weighted by molar-refractivity contribution is -0.117. The number of anilines is 1. The number of carbonyl (C=O) groups excluding carboxylic acids is 1. The van der Waals surface area contributed by atoms with Gasteiger partial charge in [0.1, 0.15) is 5.82 Å². The Morgan fingerprint density at radius 1 is 1.13 bits per heavy atom. The lowest BCUT2D eigenvalue weighted by Crippen LogP contribution is -2.48. The van der Waals surface area contributed by atoms with E-state index in [1.165, 1.54) is 5.56 Å². The van der Waals surface area contributed by atoms with E-state index in [1.807, 2.05) is 60.4 Å². The minimum absolute atomic E-state index is 0.0502. The highest BCUT2D eigenvalue weighted by Crippen LogP contribution is 2.17. The number of pyridine rings is 1. The van der Waals surface area contributed by atoms with Gasteiger partial charge in [0.2, 0.25) is 5.91 Å². The minimum atomic E-state index is 0.0502. The largest absolute Gasteiger partial charge is 0.315 e. The molecule has 30 heavy (non-hydrogen) atoms. The van der Waals surface area contributed by atoms with E-state index < -0.39 is 0 Å². The molecule has 1 N–H and O–H groups in total. The van der Waals surface area contributed by atoms with Gasteiger partial charge in [-0.1, -0.05) is 18.2 Å². The summed E-state index contributed by atoms with van der Waals surface area (Å²) in [5.41, 5.74) is 3.10. The van der Waals surface area contributed by atoms with E-state index in [1.54, 1.807) is 11.1 Å². The molecule has 1 aliphatic heterocycles. The van der Waals surface area contributed by atoms with Crippen LogP contribution in [0.4, 0.5) is 5.69 Å². The molecule has 6 nitrogen and oxygen atoms in total. The zero-order valence-corrected chi connectivity index (χ0v) is 17.7. The van der Waals surface area contributed by atoms with Gasteiger partial charge in [0.15, 0.2) is 0 Å². The Labute approximate surface area is 178 Å². The third kappa shape index (κ3) is 4.96. The van der Waals surface area contributed by atoms with E-state index in [-0.39, 0.29) is 5.91 Å². The Bertz CT molecular complexity index is 950. The van der Waals surface area contributed by atoms with Crippen molar-refractivity contribution >= 4 is 11.6 Å². The molecule has 4 rings (SSSR count). The van der Waals surface area contributed by atoms with Gasteiger partial charge < -0.3 is 14.8 Å². The molecule has 3 heterocycles. The fourth-order valence-corrected chi connectivity index (χ4v) is 3.84. The first kappa shape index (κ1) is 20.3. The zero-order valence-electron chi connectivity index (χ0n) is 17.7. The molecule has 1 aliphatic rings. The Balaban J connectivity index is 1.34. The lowest BCUT2D eigenvalue weighted by Gasteiger charge is -2.31. The van der Waals surface area contributed by atoms with E-state index in [4.69, 9.17) is 0 Å². The van der Waals surface area contributed by atoms with Crippen molar-refractivity contribution in [2.24, 2.45) is 0 Å². The number of rotatable bonds is 6. The Morgan fingerprint density at radius 2 is 1.87 bits per heavy atom. The minimum Gasteiger partial charge on any atom is -0.315 e. The monoisotopic (exact) mass is 403 g/mol. The smallest absolute Gasteiger partial charge is 0.231 e. The standard InChI is InChI=1S/C24H29N5O/c1-19-17-28(14-11-25-19)18-20-5-8-22(9-6-20)27(2)24(30)15-21-7-10-23(26-16-21)29-12-3-4-13-29/h3-10,12-13,16,19,25H,11,14-15,17-18H2,1-2H3/t19-/m0/s1. The number of piperazine rings is 1. The van der Waals surface area contributed by atoms with Gasteiger partial charge in [-0.3, -0.25) is 9.69 Å². The summed E-state index contributed by atoms with van der Waals surface area (Å²) in [6, 6.07) is 16.7. The van der Waals surface area contributed by atoms with Crippen molar-refractivity contribution in [3.05, 3.63) is 78.2 Å². The number of hydrogen-bond acceptors (Lipinski definition) is 4. The second kappa shape index (κ2) is 9.24. The van der Waals surface area contributed by atoms with Crippen LogP contribution in [0.2, 0.25) is 0 Å². The summed E-state index contributed by atoms with van der Waals surface area (Å²) in [6.45, 7) is 6.35. The third-order valence-electron chi connectivity index (χ3n) is 5.59. The number of nitrogens with zero attached hydrogens (tertiary/aromatic N) is 4. The molecule has 0 unspecified atom stereocenters. The van der Waals surface area contributed by atoms with Crippen LogP contribution in [0.15, 0.2) is 67.1 Å². The van der Waals surface area contributed by atoms with Crippen molar-refractivity contribution in [1.29, 1.82) is 0 Å². The van der Waals surface area contributed by atoms with Crippen LogP contribution < -0.4 is 10.2 Å². The molecule has 1 fully saturated rings. The summed E-state index contributed by atoms with van der Waals surface area (Å²) in [5, 5.41) is 3.47. The van der Waals surface area contributed by atoms with Gasteiger partial charge in [-0.25, -0.2) is 4.98 Å². The lowest BCUT2D eigenvalue weighted by atomic mass is 10.1. The average Bonchev–Trinajstić information content (AvgIpc) is 3.29. The highest BCUT2D eigenvalue weighted by Gasteiger charge is 2.16. The molecule has 1 atom stereocenters. The summed E-state index contributed by atoms with van der Waals surface area (Å²) in [7, 11) is 1.83. The quantitative estimate of drug-likeness (QED) is 0.688. The fourth-order valence-electron chi connectivity index (χ4n) is 3.84. The maximum absolute atomic E-state index is 12.7. The summed E-state index contributed by atoms with van der Waals surface area (Å²) in [4.78, 5) is 21.4. The van der Waals surface area contributed by atoms with Crippen molar-refractivity contribution in [1.82, 2.24) is 19.8 Å². The van der Waals surface area contributed by atoms with Crippen LogP contribution in [0.1, 0.15) is 18.1 Å². The normalized spacial score (nSPS) is 17.1. The molecule has 156 valence electrons. The van der Waals surface area contributed by atoms with Crippen LogP contribution >= 0.6 is 0 Å². The van der Waals surface area contributed by atoms with Crippen molar-refractivity contribution in [2.75, 3.05) is 31.6 Å². The van der Waals surface area contributed by atoms with Crippen LogP contribution in [0, 0.1) is 0 Å². The van der Waals surface area contributed by atoms with Crippen molar-refractivity contribution < 1.29 is 4.79 Å². The van der Waals surface area contributed by atoms with Crippen molar-refractivity contribution in [3.63, 3.8) is 0 Å². The van der Waals surface area contributed by atoms with Gasteiger partial charge in [-0.15, -0.1) is 0 Å². The Morgan fingerprint density at radius 3 is 2.53 bits per heavy atom. The molecular formula is C24H29N5O. The van der Waals surface area contributed by atoms with Gasteiger partial charge in [0.25, 0.3) is 0 Å². The van der Waals surface area contributed by atoms with E-state index >= 15 is 0 Å². The number of carbonyl (C=O) groups is 1. The van der Waals surface area contributed by atoms with Crippen LogP contribution in [-0.2, 0) is 17.8 Å². The van der Waals surface area contributed by atoms with Gasteiger partial charge >= 0.3 is 0 Å². The maximum Gasteiger partial charge on any atom is 0.231 e. The molecule has 6 heteroatoms. The fraction of sp³-hybridized carbons (Fsp3) is 0.333. The van der Waals surface area contributed by atoms with E-state index in [9.17, 15) is 4.79 Å². The summed E-state index contributed by atoms with van der Waals surface area (Å²) in [5.74, 6) is 0.896. The van der Waals surface area contributed by atoms with E-state index in [0.717, 1.165) is 43.2 Å². The predicted octanol–water partition coefficient (Wildman–Crippen LogP) is 2.87. The maximum atomic E-state index is 12.7. The van der Waals surface area contributed by atoms with E-state index in [2.05, 4.69) is 34.3 Å². The molecule has 0 radical (unpaired) electrons. The third-order valence-corrected chi connectivity index (χ3v) is 5.59. The van der Waals surface area contributed by atoms with Gasteiger partial charge in [-0.05, 0) is 48.4 Å². The van der Waals surface area contributed by atoms with Gasteiger partial charge in [0.05, 0.1) is 6.42 Å². The second-order valence-electron chi connectivity index (χ2n) is 8.00. The number of hydrogen-bond donors (Lipinski definition) is 1. The number of amides is 1. The van der Waals surface area contributed by atoms with Gasteiger partial charge in [-0.2, -0.15) is 0 Å². The SMILES string of the molecule is C[C@H]1CN(Cc2ccc(N(C)C(=O)Cc3ccc(-n4cccc4)nc3)cc2)CCN1. The highest BCUT2D eigenvalue weighted by atomic mass is 16.2. The topological polar surface area (TPSA) is 53.4 Å². The summed E-state index contributed by atoms with van der Waals surface area (Å²) < 4.78 is 1.94. The molecule has 1 aromatic carbocycles.